The van der Waals surface area contributed by atoms with Gasteiger partial charge in [0.05, 0.1) is 10.6 Å². The minimum Gasteiger partial charge on any atom is -0.368 e. The lowest BCUT2D eigenvalue weighted by molar-refractivity contribution is -0.139. The Morgan fingerprint density at radius 1 is 0.969 bits per heavy atom. The first kappa shape index (κ1) is 24.3. The van der Waals surface area contributed by atoms with Crippen molar-refractivity contribution in [1.82, 2.24) is 10.2 Å². The molecule has 6 nitrogen and oxygen atoms in total. The third kappa shape index (κ3) is 6.12. The molecule has 1 fully saturated rings. The molecule has 1 aliphatic heterocycles. The molecule has 0 atom stereocenters. The summed E-state index contributed by atoms with van der Waals surface area (Å²) in [6.07, 6.45) is 0. The fourth-order valence-corrected chi connectivity index (χ4v) is 3.99. The first-order chi connectivity index (χ1) is 15.0. The monoisotopic (exact) mass is 492 g/mol. The van der Waals surface area contributed by atoms with E-state index in [9.17, 15) is 9.59 Å². The number of halogens is 2. The van der Waals surface area contributed by atoms with Crippen LogP contribution in [0.1, 0.15) is 31.1 Å². The Balaban J connectivity index is 1.54. The first-order valence-corrected chi connectivity index (χ1v) is 11.4. The van der Waals surface area contributed by atoms with Crippen LogP contribution in [0.25, 0.3) is 0 Å². The molecule has 0 bridgehead atoms. The number of amides is 2. The molecular formula is C23H26Cl2N4O2S. The summed E-state index contributed by atoms with van der Waals surface area (Å²) in [5.41, 5.74) is 1.71. The average molecular weight is 493 g/mol. The van der Waals surface area contributed by atoms with Crippen LogP contribution in [-0.4, -0.2) is 48.0 Å². The average Bonchev–Trinajstić information content (AvgIpc) is 2.75. The van der Waals surface area contributed by atoms with Crippen molar-refractivity contribution in [3.8, 4) is 0 Å². The second-order valence-corrected chi connectivity index (χ2v) is 9.86. The van der Waals surface area contributed by atoms with Gasteiger partial charge in [0.2, 0.25) is 5.91 Å². The molecule has 1 heterocycles. The van der Waals surface area contributed by atoms with E-state index >= 15 is 0 Å². The van der Waals surface area contributed by atoms with Gasteiger partial charge in [0.15, 0.2) is 5.11 Å². The SMILES string of the molecule is CC(C)(C)C(=O)N1CCN(c2ccc(NC(=S)NC(=O)c3cc(Cl)ccc3Cl)cc2)CC1. The number of carbonyl (C=O) groups excluding carboxylic acids is 2. The van der Waals surface area contributed by atoms with E-state index in [4.69, 9.17) is 35.4 Å². The lowest BCUT2D eigenvalue weighted by atomic mass is 9.94. The summed E-state index contributed by atoms with van der Waals surface area (Å²) < 4.78 is 0. The molecule has 1 saturated heterocycles. The van der Waals surface area contributed by atoms with Gasteiger partial charge in [0.1, 0.15) is 0 Å². The molecule has 9 heteroatoms. The Bertz CT molecular complexity index is 1010. The molecule has 1 aliphatic rings. The molecule has 3 rings (SSSR count). The molecule has 2 N–H and O–H groups in total. The Morgan fingerprint density at radius 3 is 2.19 bits per heavy atom. The largest absolute Gasteiger partial charge is 0.368 e. The summed E-state index contributed by atoms with van der Waals surface area (Å²) in [7, 11) is 0. The van der Waals surface area contributed by atoms with Gasteiger partial charge in [0.25, 0.3) is 5.91 Å². The molecule has 2 aromatic carbocycles. The van der Waals surface area contributed by atoms with Crippen molar-refractivity contribution < 1.29 is 9.59 Å². The third-order valence-corrected chi connectivity index (χ3v) is 5.87. The van der Waals surface area contributed by atoms with E-state index in [1.165, 1.54) is 6.07 Å². The minimum absolute atomic E-state index is 0.160. The van der Waals surface area contributed by atoms with Crippen molar-refractivity contribution in [1.29, 1.82) is 0 Å². The number of thiocarbonyl (C=S) groups is 1. The Morgan fingerprint density at radius 2 is 1.59 bits per heavy atom. The molecule has 32 heavy (non-hydrogen) atoms. The van der Waals surface area contributed by atoms with Crippen molar-refractivity contribution in [3.63, 3.8) is 0 Å². The quantitative estimate of drug-likeness (QED) is 0.601. The number of nitrogens with zero attached hydrogens (tertiary/aromatic N) is 2. The minimum atomic E-state index is -0.436. The molecule has 0 saturated carbocycles. The van der Waals surface area contributed by atoms with Crippen molar-refractivity contribution in [2.75, 3.05) is 36.4 Å². The molecular weight excluding hydrogens is 467 g/mol. The van der Waals surface area contributed by atoms with E-state index in [2.05, 4.69) is 15.5 Å². The third-order valence-electron chi connectivity index (χ3n) is 5.10. The normalized spacial score (nSPS) is 14.2. The maximum atomic E-state index is 12.5. The van der Waals surface area contributed by atoms with Gasteiger partial charge < -0.3 is 15.1 Å². The molecule has 0 aliphatic carbocycles. The predicted octanol–water partition coefficient (Wildman–Crippen LogP) is 4.81. The van der Waals surface area contributed by atoms with Crippen molar-refractivity contribution in [2.45, 2.75) is 20.8 Å². The van der Waals surface area contributed by atoms with Crippen LogP contribution in [0.3, 0.4) is 0 Å². The van der Waals surface area contributed by atoms with Gasteiger partial charge in [-0.3, -0.25) is 14.9 Å². The maximum Gasteiger partial charge on any atom is 0.258 e. The summed E-state index contributed by atoms with van der Waals surface area (Å²) in [6, 6.07) is 12.4. The van der Waals surface area contributed by atoms with Crippen LogP contribution < -0.4 is 15.5 Å². The van der Waals surface area contributed by atoms with Crippen LogP contribution in [0.4, 0.5) is 11.4 Å². The Kier molecular flexibility index (Phi) is 7.64. The van der Waals surface area contributed by atoms with Gasteiger partial charge in [-0.05, 0) is 54.7 Å². The lowest BCUT2D eigenvalue weighted by Gasteiger charge is -2.38. The van der Waals surface area contributed by atoms with Crippen LogP contribution >= 0.6 is 35.4 Å². The summed E-state index contributed by atoms with van der Waals surface area (Å²) in [5, 5.41) is 6.48. The van der Waals surface area contributed by atoms with E-state index in [1.54, 1.807) is 12.1 Å². The molecule has 0 unspecified atom stereocenters. The number of rotatable bonds is 3. The summed E-state index contributed by atoms with van der Waals surface area (Å²) >= 11 is 17.3. The number of nitrogens with one attached hydrogen (secondary N) is 2. The standard InChI is InChI=1S/C23H26Cl2N4O2S/c1-23(2,3)21(31)29-12-10-28(11-13-29)17-7-5-16(6-8-17)26-22(32)27-20(30)18-14-15(24)4-9-19(18)25/h4-9,14H,10-13H2,1-3H3,(H2,26,27,30,32). The van der Waals surface area contributed by atoms with Crippen molar-refractivity contribution in [3.05, 3.63) is 58.1 Å². The van der Waals surface area contributed by atoms with Crippen LogP contribution in [0.15, 0.2) is 42.5 Å². The zero-order chi connectivity index (χ0) is 23.5. The number of anilines is 2. The van der Waals surface area contributed by atoms with Gasteiger partial charge in [-0.15, -0.1) is 0 Å². The van der Waals surface area contributed by atoms with Gasteiger partial charge in [-0.1, -0.05) is 44.0 Å². The number of carbonyl (C=O) groups is 2. The van der Waals surface area contributed by atoms with Gasteiger partial charge >= 0.3 is 0 Å². The lowest BCUT2D eigenvalue weighted by Crippen LogP contribution is -2.51. The number of hydrogen-bond donors (Lipinski definition) is 2. The highest BCUT2D eigenvalue weighted by molar-refractivity contribution is 7.80. The molecule has 0 radical (unpaired) electrons. The maximum absolute atomic E-state index is 12.5. The molecule has 0 aromatic heterocycles. The molecule has 0 spiro atoms. The molecule has 2 amide bonds. The second-order valence-electron chi connectivity index (χ2n) is 8.61. The number of benzene rings is 2. The van der Waals surface area contributed by atoms with E-state index < -0.39 is 5.91 Å². The molecule has 2 aromatic rings. The first-order valence-electron chi connectivity index (χ1n) is 10.3. The summed E-state index contributed by atoms with van der Waals surface area (Å²) in [4.78, 5) is 29.0. The van der Waals surface area contributed by atoms with Crippen LogP contribution in [0.2, 0.25) is 10.0 Å². The summed E-state index contributed by atoms with van der Waals surface area (Å²) in [5.74, 6) is -0.249. The fraction of sp³-hybridized carbons (Fsp3) is 0.348. The van der Waals surface area contributed by atoms with Gasteiger partial charge in [-0.2, -0.15) is 0 Å². The highest BCUT2D eigenvalue weighted by atomic mass is 35.5. The predicted molar refractivity (Wildman–Crippen MR) is 135 cm³/mol. The second kappa shape index (κ2) is 10.1. The zero-order valence-electron chi connectivity index (χ0n) is 18.2. The van der Waals surface area contributed by atoms with E-state index in [-0.39, 0.29) is 22.0 Å². The van der Waals surface area contributed by atoms with Gasteiger partial charge in [0, 0.05) is 48.0 Å². The van der Waals surface area contributed by atoms with Crippen LogP contribution in [0, 0.1) is 5.41 Å². The number of piperazine rings is 1. The van der Waals surface area contributed by atoms with Crippen molar-refractivity contribution >= 4 is 63.7 Å². The molecule has 170 valence electrons. The Labute approximate surface area is 203 Å². The summed E-state index contributed by atoms with van der Waals surface area (Å²) in [6.45, 7) is 8.82. The van der Waals surface area contributed by atoms with Crippen LogP contribution in [0.5, 0.6) is 0 Å². The van der Waals surface area contributed by atoms with Crippen LogP contribution in [-0.2, 0) is 4.79 Å². The fourth-order valence-electron chi connectivity index (χ4n) is 3.40. The topological polar surface area (TPSA) is 64.7 Å². The highest BCUT2D eigenvalue weighted by Crippen LogP contribution is 2.23. The zero-order valence-corrected chi connectivity index (χ0v) is 20.6. The Hall–Kier alpha value is -2.35. The van der Waals surface area contributed by atoms with E-state index in [0.29, 0.717) is 23.1 Å². The highest BCUT2D eigenvalue weighted by Gasteiger charge is 2.29. The smallest absolute Gasteiger partial charge is 0.258 e. The van der Waals surface area contributed by atoms with Gasteiger partial charge in [-0.25, -0.2) is 0 Å². The van der Waals surface area contributed by atoms with Crippen molar-refractivity contribution in [2.24, 2.45) is 5.41 Å². The number of hydrogen-bond acceptors (Lipinski definition) is 4. The van der Waals surface area contributed by atoms with E-state index in [1.807, 2.05) is 49.9 Å². The van der Waals surface area contributed by atoms with E-state index in [0.717, 1.165) is 24.5 Å².